The average molecular weight is 369 g/mol. The summed E-state index contributed by atoms with van der Waals surface area (Å²) in [5.74, 6) is -1.33. The summed E-state index contributed by atoms with van der Waals surface area (Å²) in [5, 5.41) is 9.28. The number of ether oxygens (including phenoxy) is 2. The Morgan fingerprint density at radius 1 is 1.15 bits per heavy atom. The number of benzene rings is 1. The smallest absolute Gasteiger partial charge is 0.387 e. The van der Waals surface area contributed by atoms with Crippen molar-refractivity contribution in [3.05, 3.63) is 29.8 Å². The Bertz CT molecular complexity index is 643. The Morgan fingerprint density at radius 2 is 1.81 bits per heavy atom. The predicted octanol–water partition coefficient (Wildman–Crippen LogP) is 2.63. The maximum absolute atomic E-state index is 12.5. The molecule has 6 nitrogen and oxygen atoms in total. The number of amides is 1. The molecule has 0 bridgehead atoms. The molecule has 26 heavy (non-hydrogen) atoms. The first-order chi connectivity index (χ1) is 12.5. The van der Waals surface area contributed by atoms with E-state index in [1.165, 1.54) is 24.3 Å². The largest absolute Gasteiger partial charge is 0.481 e. The van der Waals surface area contributed by atoms with Gasteiger partial charge in [0.1, 0.15) is 5.75 Å². The summed E-state index contributed by atoms with van der Waals surface area (Å²) in [6.45, 7) is -1.40. The Morgan fingerprint density at radius 3 is 2.38 bits per heavy atom. The molecule has 3 rings (SSSR count). The van der Waals surface area contributed by atoms with Crippen molar-refractivity contribution in [2.24, 2.45) is 11.8 Å². The standard InChI is InChI=1S/C18H21F2NO5/c19-18(20)26-13-3-1-12(2-4-13)16(22)21-8-5-11(6-9-21)15-14(17(23)24)7-10-25-15/h1-4,11,14-15,18H,5-10H2,(H,23,24)/t14?,15-/m0/s1. The van der Waals surface area contributed by atoms with Gasteiger partial charge in [-0.2, -0.15) is 8.78 Å². The van der Waals surface area contributed by atoms with Gasteiger partial charge in [-0.05, 0) is 49.4 Å². The van der Waals surface area contributed by atoms with Crippen molar-refractivity contribution in [2.45, 2.75) is 32.0 Å². The normalized spacial score (nSPS) is 24.0. The van der Waals surface area contributed by atoms with E-state index in [4.69, 9.17) is 4.74 Å². The number of nitrogens with zero attached hydrogens (tertiary/aromatic N) is 1. The first-order valence-corrected chi connectivity index (χ1v) is 8.64. The van der Waals surface area contributed by atoms with Crippen LogP contribution in [0.15, 0.2) is 24.3 Å². The molecule has 2 fully saturated rings. The van der Waals surface area contributed by atoms with E-state index in [-0.39, 0.29) is 23.7 Å². The Hall–Kier alpha value is -2.22. The van der Waals surface area contributed by atoms with Crippen LogP contribution in [-0.2, 0) is 9.53 Å². The monoisotopic (exact) mass is 369 g/mol. The van der Waals surface area contributed by atoms with Gasteiger partial charge in [0, 0.05) is 25.3 Å². The van der Waals surface area contributed by atoms with Crippen LogP contribution in [0.1, 0.15) is 29.6 Å². The number of aliphatic carboxylic acids is 1. The van der Waals surface area contributed by atoms with Crippen molar-refractivity contribution in [3.8, 4) is 5.75 Å². The average Bonchev–Trinajstić information content (AvgIpc) is 3.11. The third-order valence-electron chi connectivity index (χ3n) is 5.07. The minimum atomic E-state index is -2.90. The highest BCUT2D eigenvalue weighted by Gasteiger charge is 2.40. The summed E-state index contributed by atoms with van der Waals surface area (Å²) < 4.78 is 34.2. The van der Waals surface area contributed by atoms with Crippen LogP contribution < -0.4 is 4.74 Å². The van der Waals surface area contributed by atoms with Gasteiger partial charge >= 0.3 is 12.6 Å². The number of alkyl halides is 2. The van der Waals surface area contributed by atoms with Crippen LogP contribution in [0.3, 0.4) is 0 Å². The lowest BCUT2D eigenvalue weighted by Crippen LogP contribution is -2.43. The van der Waals surface area contributed by atoms with Crippen LogP contribution in [0.25, 0.3) is 0 Å². The van der Waals surface area contributed by atoms with E-state index in [1.807, 2.05) is 0 Å². The van der Waals surface area contributed by atoms with E-state index in [0.717, 1.165) is 0 Å². The van der Waals surface area contributed by atoms with E-state index in [9.17, 15) is 23.5 Å². The molecule has 2 aliphatic heterocycles. The third-order valence-corrected chi connectivity index (χ3v) is 5.07. The molecule has 1 aromatic carbocycles. The molecule has 0 aromatic heterocycles. The summed E-state index contributed by atoms with van der Waals surface area (Å²) in [7, 11) is 0. The summed E-state index contributed by atoms with van der Waals surface area (Å²) in [4.78, 5) is 25.5. The maximum atomic E-state index is 12.5. The second kappa shape index (κ2) is 7.99. The number of hydrogen-bond donors (Lipinski definition) is 1. The van der Waals surface area contributed by atoms with Crippen molar-refractivity contribution in [2.75, 3.05) is 19.7 Å². The van der Waals surface area contributed by atoms with Crippen molar-refractivity contribution in [1.82, 2.24) is 4.90 Å². The van der Waals surface area contributed by atoms with Gasteiger partial charge in [-0.3, -0.25) is 9.59 Å². The molecule has 0 radical (unpaired) electrons. The number of hydrogen-bond acceptors (Lipinski definition) is 4. The lowest BCUT2D eigenvalue weighted by Gasteiger charge is -2.35. The Balaban J connectivity index is 1.56. The zero-order valence-electron chi connectivity index (χ0n) is 14.1. The van der Waals surface area contributed by atoms with Gasteiger partial charge in [0.2, 0.25) is 0 Å². The van der Waals surface area contributed by atoms with Gasteiger partial charge in [0.25, 0.3) is 5.91 Å². The summed E-state index contributed by atoms with van der Waals surface area (Å²) >= 11 is 0. The fourth-order valence-electron chi connectivity index (χ4n) is 3.73. The quantitative estimate of drug-likeness (QED) is 0.864. The number of carboxylic acid groups (broad SMARTS) is 1. The number of carboxylic acids is 1. The SMILES string of the molecule is O=C(O)C1CCO[C@H]1C1CCN(C(=O)c2ccc(OC(F)F)cc2)CC1. The Kier molecular flexibility index (Phi) is 5.70. The van der Waals surface area contributed by atoms with E-state index in [2.05, 4.69) is 4.74 Å². The van der Waals surface area contributed by atoms with Crippen LogP contribution in [0.2, 0.25) is 0 Å². The molecule has 2 aliphatic rings. The van der Waals surface area contributed by atoms with Gasteiger partial charge in [0.15, 0.2) is 0 Å². The van der Waals surface area contributed by atoms with Crippen LogP contribution in [0.4, 0.5) is 8.78 Å². The first-order valence-electron chi connectivity index (χ1n) is 8.64. The number of halogens is 2. The molecule has 0 aliphatic carbocycles. The molecule has 0 saturated carbocycles. The van der Waals surface area contributed by atoms with Gasteiger partial charge in [-0.1, -0.05) is 0 Å². The topological polar surface area (TPSA) is 76.1 Å². The fraction of sp³-hybridized carbons (Fsp3) is 0.556. The van der Waals surface area contributed by atoms with E-state index < -0.39 is 18.5 Å². The van der Waals surface area contributed by atoms with Crippen LogP contribution in [0, 0.1) is 11.8 Å². The zero-order valence-corrected chi connectivity index (χ0v) is 14.1. The highest BCUT2D eigenvalue weighted by Crippen LogP contribution is 2.33. The van der Waals surface area contributed by atoms with Crippen LogP contribution in [0.5, 0.6) is 5.75 Å². The number of piperidine rings is 1. The van der Waals surface area contributed by atoms with Crippen molar-refractivity contribution < 1.29 is 33.0 Å². The van der Waals surface area contributed by atoms with E-state index in [1.54, 1.807) is 4.90 Å². The molecule has 1 unspecified atom stereocenters. The molecule has 2 saturated heterocycles. The minimum Gasteiger partial charge on any atom is -0.481 e. The highest BCUT2D eigenvalue weighted by molar-refractivity contribution is 5.94. The summed E-state index contributed by atoms with van der Waals surface area (Å²) in [6, 6.07) is 5.62. The lowest BCUT2D eigenvalue weighted by atomic mass is 9.84. The number of likely N-dealkylation sites (tertiary alicyclic amines) is 1. The third kappa shape index (κ3) is 4.12. The lowest BCUT2D eigenvalue weighted by molar-refractivity contribution is -0.145. The van der Waals surface area contributed by atoms with Gasteiger partial charge < -0.3 is 19.5 Å². The Labute approximate surface area is 149 Å². The maximum Gasteiger partial charge on any atom is 0.387 e. The zero-order chi connectivity index (χ0) is 18.7. The molecular formula is C18H21F2NO5. The number of carbonyl (C=O) groups is 2. The number of rotatable bonds is 5. The van der Waals surface area contributed by atoms with Crippen LogP contribution in [-0.4, -0.2) is 54.3 Å². The molecule has 1 N–H and O–H groups in total. The molecule has 2 heterocycles. The minimum absolute atomic E-state index is 0.00773. The fourth-order valence-corrected chi connectivity index (χ4v) is 3.73. The van der Waals surface area contributed by atoms with E-state index >= 15 is 0 Å². The van der Waals surface area contributed by atoms with Gasteiger partial charge in [0.05, 0.1) is 12.0 Å². The molecule has 0 spiro atoms. The van der Waals surface area contributed by atoms with Crippen LogP contribution >= 0.6 is 0 Å². The van der Waals surface area contributed by atoms with Gasteiger partial charge in [-0.15, -0.1) is 0 Å². The summed E-state index contributed by atoms with van der Waals surface area (Å²) in [6.07, 6.45) is 1.63. The number of carbonyl (C=O) groups excluding carboxylic acids is 1. The van der Waals surface area contributed by atoms with Crippen molar-refractivity contribution in [1.29, 1.82) is 0 Å². The second-order valence-electron chi connectivity index (χ2n) is 6.60. The molecule has 142 valence electrons. The second-order valence-corrected chi connectivity index (χ2v) is 6.60. The molecular weight excluding hydrogens is 348 g/mol. The highest BCUT2D eigenvalue weighted by atomic mass is 19.3. The van der Waals surface area contributed by atoms with Crippen molar-refractivity contribution in [3.63, 3.8) is 0 Å². The van der Waals surface area contributed by atoms with Crippen molar-refractivity contribution >= 4 is 11.9 Å². The van der Waals surface area contributed by atoms with Gasteiger partial charge in [-0.25, -0.2) is 0 Å². The molecule has 1 amide bonds. The van der Waals surface area contributed by atoms with E-state index in [0.29, 0.717) is 44.5 Å². The molecule has 1 aromatic rings. The molecule has 8 heteroatoms. The first kappa shape index (κ1) is 18.6. The predicted molar refractivity (Wildman–Crippen MR) is 87.2 cm³/mol. The molecule has 2 atom stereocenters. The summed E-state index contributed by atoms with van der Waals surface area (Å²) in [5.41, 5.74) is 0.408.